The molecule has 1 rings (SSSR count). The van der Waals surface area contributed by atoms with Crippen molar-refractivity contribution in [3.63, 3.8) is 0 Å². The lowest BCUT2D eigenvalue weighted by Crippen LogP contribution is -2.26. The normalized spacial score (nSPS) is 10.4. The summed E-state index contributed by atoms with van der Waals surface area (Å²) in [5.74, 6) is 0.722. The van der Waals surface area contributed by atoms with Gasteiger partial charge in [0.15, 0.2) is 0 Å². The van der Waals surface area contributed by atoms with Crippen molar-refractivity contribution in [2.75, 3.05) is 20.3 Å². The third-order valence-electron chi connectivity index (χ3n) is 3.14. The van der Waals surface area contributed by atoms with Crippen LogP contribution >= 0.6 is 0 Å². The van der Waals surface area contributed by atoms with Gasteiger partial charge in [-0.3, -0.25) is 9.59 Å². The average Bonchev–Trinajstić information content (AvgIpc) is 2.51. The van der Waals surface area contributed by atoms with Gasteiger partial charge in [-0.1, -0.05) is 19.9 Å². The summed E-state index contributed by atoms with van der Waals surface area (Å²) in [5, 5.41) is 2.69. The summed E-state index contributed by atoms with van der Waals surface area (Å²) in [4.78, 5) is 23.4. The Balaban J connectivity index is 2.22. The summed E-state index contributed by atoms with van der Waals surface area (Å²) in [7, 11) is 1.55. The standard InChI is InChI=1S/C17H25NO4/c1-13(2)6-5-11-22-16(19)9-10-18-17(20)14-7-4-8-15(12-14)21-3/h4,7-8,12-13H,5-6,9-11H2,1-3H3,(H,18,20). The molecule has 0 aliphatic heterocycles. The van der Waals surface area contributed by atoms with E-state index in [1.54, 1.807) is 31.4 Å². The van der Waals surface area contributed by atoms with Crippen LogP contribution in [0.25, 0.3) is 0 Å². The van der Waals surface area contributed by atoms with Crippen LogP contribution < -0.4 is 10.1 Å². The van der Waals surface area contributed by atoms with Gasteiger partial charge in [0.2, 0.25) is 0 Å². The number of carbonyl (C=O) groups is 2. The van der Waals surface area contributed by atoms with E-state index in [9.17, 15) is 9.59 Å². The molecule has 0 bridgehead atoms. The van der Waals surface area contributed by atoms with Crippen LogP contribution in [0.4, 0.5) is 0 Å². The maximum atomic E-state index is 11.9. The molecule has 5 heteroatoms. The quantitative estimate of drug-likeness (QED) is 0.563. The lowest BCUT2D eigenvalue weighted by atomic mass is 10.1. The molecule has 0 spiro atoms. The zero-order valence-electron chi connectivity index (χ0n) is 13.6. The van der Waals surface area contributed by atoms with Crippen molar-refractivity contribution in [1.82, 2.24) is 5.32 Å². The molecule has 5 nitrogen and oxygen atoms in total. The number of carbonyl (C=O) groups excluding carboxylic acids is 2. The molecule has 122 valence electrons. The predicted octanol–water partition coefficient (Wildman–Crippen LogP) is 2.79. The molecular formula is C17H25NO4. The topological polar surface area (TPSA) is 64.6 Å². The van der Waals surface area contributed by atoms with Gasteiger partial charge in [-0.25, -0.2) is 0 Å². The van der Waals surface area contributed by atoms with Gasteiger partial charge in [0.25, 0.3) is 5.91 Å². The number of methoxy groups -OCH3 is 1. The molecule has 1 aromatic carbocycles. The van der Waals surface area contributed by atoms with Crippen LogP contribution in [0.5, 0.6) is 5.75 Å². The maximum absolute atomic E-state index is 11.9. The molecule has 0 aliphatic rings. The van der Waals surface area contributed by atoms with Crippen molar-refractivity contribution >= 4 is 11.9 Å². The third kappa shape index (κ3) is 7.11. The Hall–Kier alpha value is -2.04. The summed E-state index contributed by atoms with van der Waals surface area (Å²) in [6.45, 7) is 4.98. The Labute approximate surface area is 132 Å². The van der Waals surface area contributed by atoms with Gasteiger partial charge in [-0.2, -0.15) is 0 Å². The number of hydrogen-bond donors (Lipinski definition) is 1. The molecule has 1 amide bonds. The van der Waals surface area contributed by atoms with Gasteiger partial charge < -0.3 is 14.8 Å². The van der Waals surface area contributed by atoms with Crippen LogP contribution in [0.3, 0.4) is 0 Å². The molecule has 0 saturated heterocycles. The van der Waals surface area contributed by atoms with Gasteiger partial charge in [0, 0.05) is 12.1 Å². The molecular weight excluding hydrogens is 282 g/mol. The molecule has 1 N–H and O–H groups in total. The van der Waals surface area contributed by atoms with Crippen LogP contribution in [0.2, 0.25) is 0 Å². The molecule has 0 unspecified atom stereocenters. The highest BCUT2D eigenvalue weighted by atomic mass is 16.5. The van der Waals surface area contributed by atoms with Gasteiger partial charge in [-0.05, 0) is 37.0 Å². The molecule has 1 aromatic rings. The Morgan fingerprint density at radius 2 is 2.05 bits per heavy atom. The molecule has 0 heterocycles. The molecule has 0 atom stereocenters. The van der Waals surface area contributed by atoms with Crippen LogP contribution in [-0.2, 0) is 9.53 Å². The van der Waals surface area contributed by atoms with Crippen LogP contribution in [0, 0.1) is 5.92 Å². The molecule has 22 heavy (non-hydrogen) atoms. The van der Waals surface area contributed by atoms with Crippen molar-refractivity contribution in [3.8, 4) is 5.75 Å². The van der Waals surface area contributed by atoms with E-state index in [1.807, 2.05) is 0 Å². The van der Waals surface area contributed by atoms with Gasteiger partial charge in [0.1, 0.15) is 5.75 Å². The maximum Gasteiger partial charge on any atom is 0.307 e. The van der Waals surface area contributed by atoms with E-state index in [0.717, 1.165) is 12.8 Å². The van der Waals surface area contributed by atoms with Gasteiger partial charge >= 0.3 is 5.97 Å². The highest BCUT2D eigenvalue weighted by Gasteiger charge is 2.08. The largest absolute Gasteiger partial charge is 0.497 e. The van der Waals surface area contributed by atoms with E-state index in [1.165, 1.54) is 0 Å². The number of ether oxygens (including phenoxy) is 2. The Kier molecular flexibility index (Phi) is 8.04. The molecule has 0 saturated carbocycles. The third-order valence-corrected chi connectivity index (χ3v) is 3.14. The second-order valence-electron chi connectivity index (χ2n) is 5.49. The summed E-state index contributed by atoms with van der Waals surface area (Å²) >= 11 is 0. The fourth-order valence-electron chi connectivity index (χ4n) is 1.89. The minimum absolute atomic E-state index is 0.178. The number of amides is 1. The molecule has 0 radical (unpaired) electrons. The summed E-state index contributed by atoms with van der Waals surface area (Å²) in [5.41, 5.74) is 0.504. The van der Waals surface area contributed by atoms with Crippen molar-refractivity contribution in [2.45, 2.75) is 33.1 Å². The first kappa shape index (κ1) is 18.0. The fraction of sp³-hybridized carbons (Fsp3) is 0.529. The minimum Gasteiger partial charge on any atom is -0.497 e. The van der Waals surface area contributed by atoms with E-state index in [4.69, 9.17) is 9.47 Å². The average molecular weight is 307 g/mol. The second kappa shape index (κ2) is 9.82. The first-order chi connectivity index (χ1) is 10.5. The van der Waals surface area contributed by atoms with Gasteiger partial charge in [0.05, 0.1) is 20.1 Å². The Bertz CT molecular complexity index is 485. The predicted molar refractivity (Wildman–Crippen MR) is 85.0 cm³/mol. The highest BCUT2D eigenvalue weighted by molar-refractivity contribution is 5.94. The van der Waals surface area contributed by atoms with E-state index in [0.29, 0.717) is 23.8 Å². The zero-order chi connectivity index (χ0) is 16.4. The smallest absolute Gasteiger partial charge is 0.307 e. The lowest BCUT2D eigenvalue weighted by molar-refractivity contribution is -0.143. The number of nitrogens with one attached hydrogen (secondary N) is 1. The number of benzene rings is 1. The summed E-state index contributed by atoms with van der Waals surface area (Å²) in [6, 6.07) is 6.86. The van der Waals surface area contributed by atoms with Gasteiger partial charge in [-0.15, -0.1) is 0 Å². The Morgan fingerprint density at radius 1 is 1.27 bits per heavy atom. The molecule has 0 aliphatic carbocycles. The molecule has 0 fully saturated rings. The summed E-state index contributed by atoms with van der Waals surface area (Å²) in [6.07, 6.45) is 2.09. The first-order valence-electron chi connectivity index (χ1n) is 7.60. The second-order valence-corrected chi connectivity index (χ2v) is 5.49. The lowest BCUT2D eigenvalue weighted by Gasteiger charge is -2.08. The van der Waals surface area contributed by atoms with E-state index in [-0.39, 0.29) is 24.8 Å². The van der Waals surface area contributed by atoms with Crippen molar-refractivity contribution in [1.29, 1.82) is 0 Å². The van der Waals surface area contributed by atoms with E-state index < -0.39 is 0 Å². The minimum atomic E-state index is -0.283. The number of esters is 1. The zero-order valence-corrected chi connectivity index (χ0v) is 13.6. The molecule has 0 aromatic heterocycles. The van der Waals surface area contributed by atoms with Crippen molar-refractivity contribution in [3.05, 3.63) is 29.8 Å². The first-order valence-corrected chi connectivity index (χ1v) is 7.60. The van der Waals surface area contributed by atoms with E-state index in [2.05, 4.69) is 19.2 Å². The number of hydrogen-bond acceptors (Lipinski definition) is 4. The van der Waals surface area contributed by atoms with Crippen molar-refractivity contribution in [2.24, 2.45) is 5.92 Å². The van der Waals surface area contributed by atoms with Crippen LogP contribution in [0.1, 0.15) is 43.5 Å². The SMILES string of the molecule is COc1cccc(C(=O)NCCC(=O)OCCCC(C)C)c1. The van der Waals surface area contributed by atoms with Crippen molar-refractivity contribution < 1.29 is 19.1 Å². The highest BCUT2D eigenvalue weighted by Crippen LogP contribution is 2.12. The van der Waals surface area contributed by atoms with Crippen LogP contribution in [-0.4, -0.2) is 32.1 Å². The Morgan fingerprint density at radius 3 is 2.73 bits per heavy atom. The fourth-order valence-corrected chi connectivity index (χ4v) is 1.89. The number of rotatable bonds is 9. The monoisotopic (exact) mass is 307 g/mol. The van der Waals surface area contributed by atoms with E-state index >= 15 is 0 Å². The van der Waals surface area contributed by atoms with Crippen LogP contribution in [0.15, 0.2) is 24.3 Å². The summed E-state index contributed by atoms with van der Waals surface area (Å²) < 4.78 is 10.2.